The molecule has 1 N–H and O–H groups in total. The van der Waals surface area contributed by atoms with E-state index >= 15 is 0 Å². The van der Waals surface area contributed by atoms with Crippen molar-refractivity contribution >= 4 is 0 Å². The lowest BCUT2D eigenvalue weighted by Gasteiger charge is -2.21. The summed E-state index contributed by atoms with van der Waals surface area (Å²) in [4.78, 5) is 0. The Bertz CT molecular complexity index is 71.7. The molecular formula is C8H19N2. The zero-order valence-electron chi connectivity index (χ0n) is 7.35. The van der Waals surface area contributed by atoms with Gasteiger partial charge in [-0.25, -0.2) is 5.01 Å². The Morgan fingerprint density at radius 3 is 2.40 bits per heavy atom. The molecule has 0 atom stereocenters. The van der Waals surface area contributed by atoms with E-state index in [1.165, 1.54) is 6.42 Å². The van der Waals surface area contributed by atoms with Gasteiger partial charge >= 0.3 is 0 Å². The smallest absolute Gasteiger partial charge is 0.0242 e. The van der Waals surface area contributed by atoms with Crippen LogP contribution in [0.25, 0.3) is 0 Å². The third kappa shape index (κ3) is 4.77. The van der Waals surface area contributed by atoms with E-state index in [0.29, 0.717) is 5.92 Å². The van der Waals surface area contributed by atoms with Gasteiger partial charge in [-0.3, -0.25) is 5.43 Å². The quantitative estimate of drug-likeness (QED) is 0.589. The average molecular weight is 143 g/mol. The highest BCUT2D eigenvalue weighted by Gasteiger charge is 2.01. The molecule has 2 nitrogen and oxygen atoms in total. The maximum atomic E-state index is 3.63. The predicted molar refractivity (Wildman–Crippen MR) is 45.2 cm³/mol. The second-order valence-corrected chi connectivity index (χ2v) is 3.00. The van der Waals surface area contributed by atoms with Gasteiger partial charge in [0.1, 0.15) is 0 Å². The Kier molecular flexibility index (Phi) is 5.64. The van der Waals surface area contributed by atoms with Gasteiger partial charge in [-0.15, -0.1) is 0 Å². The normalized spacial score (nSPS) is 11.4. The molecule has 2 heteroatoms. The minimum atomic E-state index is 0.709. The van der Waals surface area contributed by atoms with Crippen LogP contribution in [0, 0.1) is 13.0 Å². The van der Waals surface area contributed by atoms with Crippen LogP contribution in [0.5, 0.6) is 0 Å². The highest BCUT2D eigenvalue weighted by atomic mass is 15.5. The van der Waals surface area contributed by atoms with Gasteiger partial charge in [0.15, 0.2) is 0 Å². The molecule has 61 valence electrons. The average Bonchev–Trinajstić information content (AvgIpc) is 1.86. The van der Waals surface area contributed by atoms with E-state index < -0.39 is 0 Å². The van der Waals surface area contributed by atoms with Gasteiger partial charge in [-0.2, -0.15) is 0 Å². The van der Waals surface area contributed by atoms with E-state index in [1.807, 2.05) is 0 Å². The van der Waals surface area contributed by atoms with Gasteiger partial charge in [-0.05, 0) is 12.3 Å². The summed E-state index contributed by atoms with van der Waals surface area (Å²) < 4.78 is 0. The van der Waals surface area contributed by atoms with E-state index in [2.05, 4.69) is 38.3 Å². The van der Waals surface area contributed by atoms with Crippen LogP contribution in [-0.4, -0.2) is 18.1 Å². The molecule has 0 saturated carbocycles. The summed E-state index contributed by atoms with van der Waals surface area (Å²) in [5.74, 6) is 0.709. The largest absolute Gasteiger partial charge is 0.254 e. The van der Waals surface area contributed by atoms with Gasteiger partial charge in [0.05, 0.1) is 0 Å². The lowest BCUT2D eigenvalue weighted by atomic mass is 10.2. The Hall–Kier alpha value is -0.0800. The number of hydrazine groups is 1. The second kappa shape index (κ2) is 5.69. The zero-order valence-corrected chi connectivity index (χ0v) is 7.35. The number of hydrogen-bond acceptors (Lipinski definition) is 2. The Morgan fingerprint density at radius 1 is 1.50 bits per heavy atom. The molecule has 0 aliphatic carbocycles. The fourth-order valence-electron chi connectivity index (χ4n) is 0.946. The molecule has 0 saturated heterocycles. The molecule has 0 aromatic rings. The second-order valence-electron chi connectivity index (χ2n) is 3.00. The minimum absolute atomic E-state index is 0.709. The number of nitrogens with one attached hydrogen (secondary N) is 1. The summed E-state index contributed by atoms with van der Waals surface area (Å²) in [6.45, 7) is 8.75. The molecule has 0 unspecified atom stereocenters. The molecule has 0 bridgehead atoms. The van der Waals surface area contributed by atoms with Crippen molar-refractivity contribution in [2.24, 2.45) is 5.92 Å². The molecule has 0 aliphatic rings. The van der Waals surface area contributed by atoms with Crippen LogP contribution < -0.4 is 5.43 Å². The van der Waals surface area contributed by atoms with Crippen LogP contribution in [-0.2, 0) is 0 Å². The molecule has 0 aromatic heterocycles. The van der Waals surface area contributed by atoms with E-state index in [9.17, 15) is 0 Å². The third-order valence-electron chi connectivity index (χ3n) is 1.30. The Labute approximate surface area is 64.6 Å². The van der Waals surface area contributed by atoms with Gasteiger partial charge in [0, 0.05) is 20.1 Å². The number of hydrogen-bond donors (Lipinski definition) is 1. The summed E-state index contributed by atoms with van der Waals surface area (Å²) in [5, 5.41) is 2.14. The van der Waals surface area contributed by atoms with Crippen LogP contribution in [0.4, 0.5) is 0 Å². The molecule has 0 aliphatic heterocycles. The zero-order chi connectivity index (χ0) is 7.98. The van der Waals surface area contributed by atoms with Crippen molar-refractivity contribution in [3.8, 4) is 0 Å². The number of rotatable bonds is 5. The maximum Gasteiger partial charge on any atom is 0.0242 e. The summed E-state index contributed by atoms with van der Waals surface area (Å²) >= 11 is 0. The summed E-state index contributed by atoms with van der Waals surface area (Å²) in [6, 6.07) is 0. The highest BCUT2D eigenvalue weighted by molar-refractivity contribution is 4.53. The summed E-state index contributed by atoms with van der Waals surface area (Å²) in [5.41, 5.74) is 2.92. The lowest BCUT2D eigenvalue weighted by molar-refractivity contribution is 0.195. The minimum Gasteiger partial charge on any atom is -0.254 e. The Balaban J connectivity index is 3.39. The maximum absolute atomic E-state index is 3.63. The van der Waals surface area contributed by atoms with Gasteiger partial charge in [0.2, 0.25) is 0 Å². The van der Waals surface area contributed by atoms with Crippen molar-refractivity contribution < 1.29 is 0 Å². The first kappa shape index (κ1) is 9.92. The van der Waals surface area contributed by atoms with E-state index in [4.69, 9.17) is 0 Å². The monoisotopic (exact) mass is 143 g/mol. The molecular weight excluding hydrogens is 124 g/mol. The van der Waals surface area contributed by atoms with Gasteiger partial charge in [0.25, 0.3) is 0 Å². The molecule has 0 rings (SSSR count). The van der Waals surface area contributed by atoms with Crippen molar-refractivity contribution in [2.75, 3.05) is 13.1 Å². The topological polar surface area (TPSA) is 15.3 Å². The van der Waals surface area contributed by atoms with Crippen LogP contribution in [0.1, 0.15) is 27.2 Å². The molecule has 0 fully saturated rings. The molecule has 0 spiro atoms. The first-order chi connectivity index (χ1) is 4.70. The summed E-state index contributed by atoms with van der Waals surface area (Å²) in [6.07, 6.45) is 1.18. The van der Waals surface area contributed by atoms with Crippen LogP contribution >= 0.6 is 0 Å². The molecule has 0 heterocycles. The highest BCUT2D eigenvalue weighted by Crippen LogP contribution is 1.95. The Morgan fingerprint density at radius 2 is 2.10 bits per heavy atom. The third-order valence-corrected chi connectivity index (χ3v) is 1.30. The van der Waals surface area contributed by atoms with Gasteiger partial charge < -0.3 is 0 Å². The van der Waals surface area contributed by atoms with E-state index in [-0.39, 0.29) is 0 Å². The summed E-state index contributed by atoms with van der Waals surface area (Å²) in [7, 11) is 3.63. The van der Waals surface area contributed by atoms with Gasteiger partial charge in [-0.1, -0.05) is 20.8 Å². The molecule has 0 aromatic carbocycles. The van der Waals surface area contributed by atoms with Crippen LogP contribution in [0.15, 0.2) is 0 Å². The lowest BCUT2D eigenvalue weighted by Crippen LogP contribution is -2.37. The first-order valence-electron chi connectivity index (χ1n) is 3.98. The van der Waals surface area contributed by atoms with Crippen LogP contribution in [0.2, 0.25) is 0 Å². The molecule has 1 radical (unpaired) electrons. The van der Waals surface area contributed by atoms with Crippen molar-refractivity contribution in [2.45, 2.75) is 27.2 Å². The standard InChI is InChI=1S/C8H19N2/c1-5-6-10(9-4)7-8(2)3/h8-9H,4-7H2,1-3H3. The predicted octanol–water partition coefficient (Wildman–Crippen LogP) is 1.65. The van der Waals surface area contributed by atoms with E-state index in [0.717, 1.165) is 13.1 Å². The number of nitrogens with zero attached hydrogens (tertiary/aromatic N) is 1. The fourth-order valence-corrected chi connectivity index (χ4v) is 0.946. The van der Waals surface area contributed by atoms with Crippen LogP contribution in [0.3, 0.4) is 0 Å². The van der Waals surface area contributed by atoms with Crippen molar-refractivity contribution in [3.05, 3.63) is 7.05 Å². The SMILES string of the molecule is [CH2]NN(CCC)CC(C)C. The van der Waals surface area contributed by atoms with Crippen molar-refractivity contribution in [3.63, 3.8) is 0 Å². The first-order valence-corrected chi connectivity index (χ1v) is 3.98. The molecule has 10 heavy (non-hydrogen) atoms. The fraction of sp³-hybridized carbons (Fsp3) is 0.875. The van der Waals surface area contributed by atoms with E-state index in [1.54, 1.807) is 0 Å². The van der Waals surface area contributed by atoms with Crippen molar-refractivity contribution in [1.29, 1.82) is 0 Å². The van der Waals surface area contributed by atoms with Crippen molar-refractivity contribution in [1.82, 2.24) is 10.4 Å². The molecule has 0 amide bonds.